The van der Waals surface area contributed by atoms with Crippen LogP contribution in [0.3, 0.4) is 0 Å². The summed E-state index contributed by atoms with van der Waals surface area (Å²) in [4.78, 5) is 0. The van der Waals surface area contributed by atoms with Crippen molar-refractivity contribution in [3.05, 3.63) is 0 Å². The number of hydrogen-bond donors (Lipinski definition) is 2. The summed E-state index contributed by atoms with van der Waals surface area (Å²) in [6.45, 7) is 6.12. The van der Waals surface area contributed by atoms with Crippen LogP contribution < -0.4 is 10.6 Å². The van der Waals surface area contributed by atoms with E-state index in [1.165, 1.54) is 0 Å². The van der Waals surface area contributed by atoms with Crippen LogP contribution >= 0.6 is 0 Å². The molecule has 1 unspecified atom stereocenters. The van der Waals surface area contributed by atoms with Crippen molar-refractivity contribution in [1.82, 2.24) is 10.6 Å². The zero-order valence-electron chi connectivity index (χ0n) is 8.93. The molecule has 0 aliphatic carbocycles. The Morgan fingerprint density at radius 1 is 1.23 bits per heavy atom. The third-order valence-corrected chi connectivity index (χ3v) is 1.68. The molecule has 0 saturated heterocycles. The molecular formula is C9H22N2O2. The van der Waals surface area contributed by atoms with Gasteiger partial charge in [-0.05, 0) is 14.0 Å². The quantitative estimate of drug-likeness (QED) is 0.496. The Hall–Kier alpha value is -0.160. The van der Waals surface area contributed by atoms with Crippen molar-refractivity contribution in [1.29, 1.82) is 0 Å². The van der Waals surface area contributed by atoms with Gasteiger partial charge in [-0.15, -0.1) is 0 Å². The highest BCUT2D eigenvalue weighted by molar-refractivity contribution is 4.61. The molecule has 0 aromatic heterocycles. The van der Waals surface area contributed by atoms with Crippen molar-refractivity contribution in [3.63, 3.8) is 0 Å². The lowest BCUT2D eigenvalue weighted by Crippen LogP contribution is -2.36. The second-order valence-electron chi connectivity index (χ2n) is 3.02. The van der Waals surface area contributed by atoms with Gasteiger partial charge in [0.25, 0.3) is 0 Å². The summed E-state index contributed by atoms with van der Waals surface area (Å²) in [6.07, 6.45) is 0. The van der Waals surface area contributed by atoms with E-state index in [9.17, 15) is 0 Å². The van der Waals surface area contributed by atoms with Crippen molar-refractivity contribution in [2.24, 2.45) is 0 Å². The van der Waals surface area contributed by atoms with Crippen LogP contribution in [0.2, 0.25) is 0 Å². The van der Waals surface area contributed by atoms with Gasteiger partial charge in [0.1, 0.15) is 0 Å². The van der Waals surface area contributed by atoms with Gasteiger partial charge >= 0.3 is 0 Å². The Labute approximate surface area is 81.0 Å². The van der Waals surface area contributed by atoms with Crippen molar-refractivity contribution in [2.75, 3.05) is 47.1 Å². The van der Waals surface area contributed by atoms with E-state index in [-0.39, 0.29) is 0 Å². The highest BCUT2D eigenvalue weighted by Gasteiger charge is 1.97. The zero-order valence-corrected chi connectivity index (χ0v) is 8.93. The van der Waals surface area contributed by atoms with E-state index < -0.39 is 0 Å². The third-order valence-electron chi connectivity index (χ3n) is 1.68. The summed E-state index contributed by atoms with van der Waals surface area (Å²) >= 11 is 0. The summed E-state index contributed by atoms with van der Waals surface area (Å²) in [7, 11) is 3.63. The number of rotatable bonds is 9. The molecule has 80 valence electrons. The fourth-order valence-electron chi connectivity index (χ4n) is 1.00. The first-order valence-corrected chi connectivity index (χ1v) is 4.76. The average molecular weight is 190 g/mol. The van der Waals surface area contributed by atoms with E-state index in [0.29, 0.717) is 19.3 Å². The fraction of sp³-hybridized carbons (Fsp3) is 1.00. The van der Waals surface area contributed by atoms with Gasteiger partial charge in [0, 0.05) is 26.2 Å². The van der Waals surface area contributed by atoms with Crippen molar-refractivity contribution >= 4 is 0 Å². The largest absolute Gasteiger partial charge is 0.382 e. The van der Waals surface area contributed by atoms with Gasteiger partial charge in [0.2, 0.25) is 0 Å². The van der Waals surface area contributed by atoms with Crippen LogP contribution in [0.4, 0.5) is 0 Å². The van der Waals surface area contributed by atoms with Gasteiger partial charge in [0.15, 0.2) is 0 Å². The maximum absolute atomic E-state index is 5.29. The van der Waals surface area contributed by atoms with Gasteiger partial charge in [-0.2, -0.15) is 0 Å². The Balaban J connectivity index is 2.97. The van der Waals surface area contributed by atoms with E-state index in [1.807, 2.05) is 7.05 Å². The van der Waals surface area contributed by atoms with Gasteiger partial charge in [-0.25, -0.2) is 0 Å². The van der Waals surface area contributed by atoms with E-state index in [2.05, 4.69) is 17.6 Å². The van der Waals surface area contributed by atoms with E-state index >= 15 is 0 Å². The van der Waals surface area contributed by atoms with Crippen LogP contribution in [0.15, 0.2) is 0 Å². The predicted octanol–water partition coefficient (Wildman–Crippen LogP) is -0.153. The molecule has 2 N–H and O–H groups in total. The minimum absolute atomic E-state index is 0.496. The molecule has 0 aliphatic heterocycles. The summed E-state index contributed by atoms with van der Waals surface area (Å²) in [5.41, 5.74) is 0. The smallest absolute Gasteiger partial charge is 0.0700 e. The Kier molecular flexibility index (Phi) is 9.80. The second kappa shape index (κ2) is 9.92. The van der Waals surface area contributed by atoms with E-state index in [0.717, 1.165) is 19.7 Å². The number of likely N-dealkylation sites (N-methyl/N-ethyl adjacent to an activating group) is 1. The van der Waals surface area contributed by atoms with Crippen molar-refractivity contribution < 1.29 is 9.47 Å². The molecule has 13 heavy (non-hydrogen) atoms. The molecule has 4 nitrogen and oxygen atoms in total. The molecule has 0 bridgehead atoms. The molecule has 0 aromatic carbocycles. The van der Waals surface area contributed by atoms with Crippen LogP contribution in [-0.2, 0) is 9.47 Å². The topological polar surface area (TPSA) is 42.5 Å². The molecule has 0 radical (unpaired) electrons. The molecule has 0 aliphatic rings. The predicted molar refractivity (Wildman–Crippen MR) is 54.1 cm³/mol. The molecular weight excluding hydrogens is 168 g/mol. The lowest BCUT2D eigenvalue weighted by atomic mass is 10.3. The summed E-state index contributed by atoms with van der Waals surface area (Å²) < 4.78 is 10.1. The minimum Gasteiger partial charge on any atom is -0.382 e. The fourth-order valence-corrected chi connectivity index (χ4v) is 1.00. The molecule has 0 aromatic rings. The summed E-state index contributed by atoms with van der Waals surface area (Å²) in [6, 6.07) is 0.496. The minimum atomic E-state index is 0.496. The molecule has 1 atom stereocenters. The van der Waals surface area contributed by atoms with Gasteiger partial charge in [-0.1, -0.05) is 0 Å². The lowest BCUT2D eigenvalue weighted by Gasteiger charge is -2.12. The van der Waals surface area contributed by atoms with Gasteiger partial charge in [0.05, 0.1) is 19.8 Å². The maximum Gasteiger partial charge on any atom is 0.0700 e. The Morgan fingerprint density at radius 2 is 2.00 bits per heavy atom. The molecule has 0 fully saturated rings. The van der Waals surface area contributed by atoms with Crippen LogP contribution in [0.1, 0.15) is 6.92 Å². The van der Waals surface area contributed by atoms with E-state index in [1.54, 1.807) is 7.11 Å². The first-order valence-electron chi connectivity index (χ1n) is 4.76. The summed E-state index contributed by atoms with van der Waals surface area (Å²) in [5.74, 6) is 0. The third kappa shape index (κ3) is 9.76. The maximum atomic E-state index is 5.29. The Bertz CT molecular complexity index is 102. The monoisotopic (exact) mass is 190 g/mol. The second-order valence-corrected chi connectivity index (χ2v) is 3.02. The van der Waals surface area contributed by atoms with Crippen molar-refractivity contribution in [3.8, 4) is 0 Å². The number of nitrogens with one attached hydrogen (secondary N) is 2. The standard InChI is InChI=1S/C9H22N2O2/c1-9(8-10-2)11-4-5-13-7-6-12-3/h9-11H,4-8H2,1-3H3. The first kappa shape index (κ1) is 12.8. The normalized spacial score (nSPS) is 13.2. The van der Waals surface area contributed by atoms with Crippen LogP contribution in [0, 0.1) is 0 Å². The molecule has 0 amide bonds. The average Bonchev–Trinajstić information content (AvgIpc) is 2.11. The van der Waals surface area contributed by atoms with E-state index in [4.69, 9.17) is 9.47 Å². The summed E-state index contributed by atoms with van der Waals surface area (Å²) in [5, 5.41) is 6.44. The van der Waals surface area contributed by atoms with Gasteiger partial charge < -0.3 is 20.1 Å². The number of hydrogen-bond acceptors (Lipinski definition) is 4. The van der Waals surface area contributed by atoms with Gasteiger partial charge in [-0.3, -0.25) is 0 Å². The lowest BCUT2D eigenvalue weighted by molar-refractivity contribution is 0.0712. The molecule has 0 heterocycles. The van der Waals surface area contributed by atoms with Crippen LogP contribution in [-0.4, -0.2) is 53.1 Å². The number of methoxy groups -OCH3 is 1. The molecule has 0 rings (SSSR count). The van der Waals surface area contributed by atoms with Crippen molar-refractivity contribution in [2.45, 2.75) is 13.0 Å². The SMILES string of the molecule is CNCC(C)NCCOCCOC. The van der Waals surface area contributed by atoms with Crippen LogP contribution in [0.25, 0.3) is 0 Å². The number of ether oxygens (including phenoxy) is 2. The highest BCUT2D eigenvalue weighted by Crippen LogP contribution is 1.79. The molecule has 4 heteroatoms. The first-order chi connectivity index (χ1) is 6.31. The highest BCUT2D eigenvalue weighted by atomic mass is 16.5. The Morgan fingerprint density at radius 3 is 2.62 bits per heavy atom. The van der Waals surface area contributed by atoms with Crippen LogP contribution in [0.5, 0.6) is 0 Å². The zero-order chi connectivity index (χ0) is 9.94. The molecule has 0 spiro atoms. The molecule has 0 saturated carbocycles.